The molecule has 0 heterocycles. The molecule has 6 N–H and O–H groups in total. The Morgan fingerprint density at radius 3 is 0.916 bits per heavy atom. The summed E-state index contributed by atoms with van der Waals surface area (Å²) in [5.41, 5.74) is 0. The lowest BCUT2D eigenvalue weighted by Gasteiger charge is -2.90. The van der Waals surface area contributed by atoms with Gasteiger partial charge >= 0.3 is 5.97 Å². The highest BCUT2D eigenvalue weighted by molar-refractivity contribution is 5.71. The van der Waals surface area contributed by atoms with E-state index in [1.165, 1.54) is 38.5 Å². The number of fused-ring (bicyclic) bond motifs is 10. The van der Waals surface area contributed by atoms with Crippen LogP contribution in [0.3, 0.4) is 0 Å². The van der Waals surface area contributed by atoms with Gasteiger partial charge in [0.1, 0.15) is 0 Å². The molecule has 107 heavy (non-hydrogen) atoms. The second-order valence-corrected chi connectivity index (χ2v) is 45.6. The Bertz CT molecular complexity index is 3420. The van der Waals surface area contributed by atoms with Crippen molar-refractivity contribution in [1.82, 2.24) is 0 Å². The van der Waals surface area contributed by atoms with E-state index < -0.39 is 0 Å². The Morgan fingerprint density at radius 1 is 0.243 bits per heavy atom. The van der Waals surface area contributed by atoms with Gasteiger partial charge in [0, 0.05) is 0 Å². The summed E-state index contributed by atoms with van der Waals surface area (Å²) in [6.07, 6.45) is 14.8. The molecule has 24 saturated carbocycles. The summed E-state index contributed by atoms with van der Waals surface area (Å²) >= 11 is 0. The summed E-state index contributed by atoms with van der Waals surface area (Å²) in [5.74, 6) is 56.6. The average Bonchev–Trinajstić information content (AvgIpc) is 0.617. The van der Waals surface area contributed by atoms with Crippen LogP contribution in [0.25, 0.3) is 0 Å². The molecule has 0 aliphatic heterocycles. The van der Waals surface area contributed by atoms with E-state index in [0.29, 0.717) is 23.7 Å². The molecule has 24 fully saturated rings. The van der Waals surface area contributed by atoms with Crippen molar-refractivity contribution in [2.75, 3.05) is 0 Å². The molecule has 24 rings (SSSR count). The Labute approximate surface area is 642 Å². The standard InChI is InChI=1S/C90H132O2.5CH2O2/c1-17-42-26-44-23-28(3)33(8)52-55-38(13)40(15)58-59-41(16)46-21-20-45-30(5)25-49(90(91)92)68-63(45)64(46)77-75(59)85-84-74(58)71(55)81-76(62(44)52)60(42)67-48-24-29(4)31(6)34(9)50(48)53-35(10)36(11)56-57-39(14)37(12)54-51-32(7)27(2)22-43-18-19-47-65(61(43)51)78-70(54)73(57)83(88(85)86(78)79(77)66(47)68)82-72(56)69(53)80(67)87(81)89(82)84;5*2-1-3/h27-89H,17-26H2,1-16H3,(H,91,92);5*1H,(H,2,3). The minimum absolute atomic E-state index is 0.0891. The molecule has 0 saturated heterocycles. The first kappa shape index (κ1) is 74.0. The predicted molar refractivity (Wildman–Crippen MR) is 408 cm³/mol. The van der Waals surface area contributed by atoms with Crippen molar-refractivity contribution in [2.45, 2.75) is 175 Å². The molecule has 12 heteroatoms. The normalized spacial score (nSPS) is 66.9. The van der Waals surface area contributed by atoms with Crippen molar-refractivity contribution >= 4 is 38.3 Å². The molecule has 24 aliphatic carbocycles. The maximum Gasteiger partial charge on any atom is 0.306 e. The molecule has 594 valence electrons. The first-order chi connectivity index (χ1) is 51.4. The fourth-order valence-corrected chi connectivity index (χ4v) is 46.0. The third-order valence-electron chi connectivity index (χ3n) is 46.5. The van der Waals surface area contributed by atoms with Gasteiger partial charge < -0.3 is 30.6 Å². The second kappa shape index (κ2) is 25.7. The third-order valence-corrected chi connectivity index (χ3v) is 46.5. The quantitative estimate of drug-likeness (QED) is 0.142. The van der Waals surface area contributed by atoms with Crippen LogP contribution in [0.4, 0.5) is 0 Å². The number of carboxylic acid groups (broad SMARTS) is 6. The van der Waals surface area contributed by atoms with Crippen LogP contribution >= 0.6 is 0 Å². The lowest BCUT2D eigenvalue weighted by Crippen LogP contribution is -2.87. The van der Waals surface area contributed by atoms with E-state index in [0.717, 1.165) is 350 Å². The monoisotopic (exact) mass is 1480 g/mol. The molecular formula is C95H142O12. The van der Waals surface area contributed by atoms with Gasteiger partial charge in [-0.1, -0.05) is 117 Å². The van der Waals surface area contributed by atoms with Crippen molar-refractivity contribution < 1.29 is 59.4 Å². The number of carboxylic acids is 1. The van der Waals surface area contributed by atoms with Crippen LogP contribution in [-0.2, 0) is 28.8 Å². The minimum Gasteiger partial charge on any atom is -0.483 e. The number of rotatable bonds is 2. The lowest BCUT2D eigenvalue weighted by molar-refractivity contribution is -0.436. The molecule has 0 aromatic carbocycles. The first-order valence-corrected chi connectivity index (χ1v) is 46.0. The van der Waals surface area contributed by atoms with Crippen molar-refractivity contribution in [1.29, 1.82) is 0 Å². The van der Waals surface area contributed by atoms with Crippen LogP contribution in [-0.4, -0.2) is 69.0 Å². The SMILES string of the molecule is CCC1CC2CC(C)C(C)C3C2C2C1C1C4CC(C)C(C)C(C)C4C4C(C)C(C)C5C6C(C)C(C)C7C8C(C)C(C)CC9CCC%10C(C98)C8C7C6C6C7C5C4C1C1C2C2C3C(C)C(C)C3C4C(C)C5CCC9C(C)CC(C(=O)O)C%11C9C5C5C4C(C(C32)C71)C6C8C5C%10%11.O=CO.O=CO.O=CO.O=CO.O=CO. The molecule has 0 aromatic rings. The largest absolute Gasteiger partial charge is 0.483 e. The van der Waals surface area contributed by atoms with Gasteiger partial charge in [-0.3, -0.25) is 28.8 Å². The average molecular weight is 1480 g/mol. The van der Waals surface area contributed by atoms with E-state index >= 15 is 0 Å². The van der Waals surface area contributed by atoms with Crippen LogP contribution in [0.1, 0.15) is 175 Å². The molecule has 0 radical (unpaired) electrons. The summed E-state index contributed by atoms with van der Waals surface area (Å²) in [6.45, 7) is 45.7. The Morgan fingerprint density at radius 2 is 0.514 bits per heavy atom. The fourth-order valence-electron chi connectivity index (χ4n) is 46.0. The highest BCUT2D eigenvalue weighted by atomic mass is 16.4. The summed E-state index contributed by atoms with van der Waals surface area (Å²) in [6, 6.07) is 0. The van der Waals surface area contributed by atoms with E-state index in [4.69, 9.17) is 49.5 Å². The van der Waals surface area contributed by atoms with Gasteiger partial charge in [0.15, 0.2) is 0 Å². The molecule has 0 bridgehead atoms. The van der Waals surface area contributed by atoms with Crippen molar-refractivity contribution in [3.63, 3.8) is 0 Å². The summed E-state index contributed by atoms with van der Waals surface area (Å²) in [5, 5.41) is 46.8. The van der Waals surface area contributed by atoms with Crippen molar-refractivity contribution in [3.8, 4) is 0 Å². The zero-order valence-electron chi connectivity index (χ0n) is 68.0. The van der Waals surface area contributed by atoms with E-state index in [1.807, 2.05) is 0 Å². The fraction of sp³-hybridized carbons (Fsp3) is 0.937. The molecule has 0 amide bonds. The molecular weight excluding hydrogens is 1330 g/mol. The summed E-state index contributed by atoms with van der Waals surface area (Å²) in [4.78, 5) is 56.7. The number of hydrogen-bond donors (Lipinski definition) is 6. The molecule has 63 unspecified atom stereocenters. The van der Waals surface area contributed by atoms with Gasteiger partial charge in [0.25, 0.3) is 32.4 Å². The van der Waals surface area contributed by atoms with Gasteiger partial charge in [0.2, 0.25) is 0 Å². The van der Waals surface area contributed by atoms with E-state index in [2.05, 4.69) is 111 Å². The van der Waals surface area contributed by atoms with E-state index in [9.17, 15) is 9.90 Å². The molecule has 12 nitrogen and oxygen atoms in total. The van der Waals surface area contributed by atoms with Crippen molar-refractivity contribution in [2.24, 2.45) is 373 Å². The van der Waals surface area contributed by atoms with Gasteiger partial charge in [-0.05, 0) is 425 Å². The van der Waals surface area contributed by atoms with E-state index in [1.54, 1.807) is 19.3 Å². The van der Waals surface area contributed by atoms with Crippen LogP contribution in [0, 0.1) is 373 Å². The van der Waals surface area contributed by atoms with Gasteiger partial charge in [-0.25, -0.2) is 0 Å². The van der Waals surface area contributed by atoms with Gasteiger partial charge in [0.05, 0.1) is 5.92 Å². The van der Waals surface area contributed by atoms with Crippen LogP contribution in [0.5, 0.6) is 0 Å². The minimum atomic E-state index is -0.317. The zero-order valence-corrected chi connectivity index (χ0v) is 68.0. The number of hydrogen-bond acceptors (Lipinski definition) is 6. The summed E-state index contributed by atoms with van der Waals surface area (Å²) < 4.78 is 0. The molecule has 63 atom stereocenters. The third kappa shape index (κ3) is 8.59. The Hall–Kier alpha value is -3.18. The maximum absolute atomic E-state index is 14.9. The van der Waals surface area contributed by atoms with Gasteiger partial charge in [-0.15, -0.1) is 0 Å². The maximum atomic E-state index is 14.9. The zero-order chi connectivity index (χ0) is 75.6. The van der Waals surface area contributed by atoms with Crippen molar-refractivity contribution in [3.05, 3.63) is 0 Å². The highest BCUT2D eigenvalue weighted by Gasteiger charge is 2.90. The van der Waals surface area contributed by atoms with Crippen LogP contribution in [0.15, 0.2) is 0 Å². The summed E-state index contributed by atoms with van der Waals surface area (Å²) in [7, 11) is 0. The number of carbonyl (C=O) groups is 6. The van der Waals surface area contributed by atoms with Crippen LogP contribution < -0.4 is 0 Å². The van der Waals surface area contributed by atoms with Crippen LogP contribution in [0.2, 0.25) is 0 Å². The topological polar surface area (TPSA) is 224 Å². The predicted octanol–water partition coefficient (Wildman–Crippen LogP) is 17.9. The second-order valence-electron chi connectivity index (χ2n) is 45.6. The Balaban J connectivity index is 0.000000485. The van der Waals surface area contributed by atoms with E-state index in [-0.39, 0.29) is 44.2 Å². The van der Waals surface area contributed by atoms with Gasteiger partial charge in [-0.2, -0.15) is 0 Å². The lowest BCUT2D eigenvalue weighted by atomic mass is 9.14. The highest BCUT2D eigenvalue weighted by Crippen LogP contribution is 2.94. The molecule has 0 spiro atoms. The smallest absolute Gasteiger partial charge is 0.306 e. The first-order valence-electron chi connectivity index (χ1n) is 46.0. The molecule has 0 aromatic heterocycles. The Kier molecular flexibility index (Phi) is 17.7. The number of aliphatic carboxylic acids is 1. The molecule has 24 aliphatic rings.